The van der Waals surface area contributed by atoms with Gasteiger partial charge in [-0.2, -0.15) is 0 Å². The zero-order valence-electron chi connectivity index (χ0n) is 14.4. The lowest BCUT2D eigenvalue weighted by atomic mass is 10.1. The van der Waals surface area contributed by atoms with Crippen LogP contribution in [0.1, 0.15) is 23.1 Å². The number of carbonyl (C=O) groups is 2. The normalized spacial score (nSPS) is 17.0. The number of anilines is 1. The molecular formula is C20H21FN2O2. The van der Waals surface area contributed by atoms with Gasteiger partial charge in [0.25, 0.3) is 0 Å². The lowest BCUT2D eigenvalue weighted by Crippen LogP contribution is -2.32. The van der Waals surface area contributed by atoms with Crippen LogP contribution in [0.15, 0.2) is 42.5 Å². The van der Waals surface area contributed by atoms with Gasteiger partial charge in [0, 0.05) is 25.2 Å². The van der Waals surface area contributed by atoms with E-state index in [-0.39, 0.29) is 30.0 Å². The van der Waals surface area contributed by atoms with Crippen molar-refractivity contribution < 1.29 is 14.0 Å². The van der Waals surface area contributed by atoms with Gasteiger partial charge < -0.3 is 10.2 Å². The number of carbonyl (C=O) groups excluding carboxylic acids is 2. The van der Waals surface area contributed by atoms with Gasteiger partial charge in [-0.15, -0.1) is 0 Å². The van der Waals surface area contributed by atoms with Crippen LogP contribution in [0.2, 0.25) is 0 Å². The maximum atomic E-state index is 13.3. The molecule has 2 amide bonds. The fraction of sp³-hybridized carbons (Fsp3) is 0.300. The minimum absolute atomic E-state index is 0.0402. The van der Waals surface area contributed by atoms with Crippen molar-refractivity contribution in [1.29, 1.82) is 0 Å². The number of hydrogen-bond acceptors (Lipinski definition) is 2. The topological polar surface area (TPSA) is 49.4 Å². The molecule has 0 saturated carbocycles. The Labute approximate surface area is 146 Å². The molecule has 0 spiro atoms. The zero-order chi connectivity index (χ0) is 18.0. The van der Waals surface area contributed by atoms with Crippen molar-refractivity contribution in [3.8, 4) is 0 Å². The van der Waals surface area contributed by atoms with Gasteiger partial charge in [-0.05, 0) is 43.2 Å². The highest BCUT2D eigenvalue weighted by molar-refractivity contribution is 6.00. The summed E-state index contributed by atoms with van der Waals surface area (Å²) in [6, 6.07) is 12.5. The minimum atomic E-state index is -0.365. The standard InChI is InChI=1S/C20H21FN2O2/c1-13-3-6-17(7-4-13)23-12-16(10-19(23)24)20(25)22-11-15-5-8-18(21)14(2)9-15/h3-9,16H,10-12H2,1-2H3,(H,22,25). The highest BCUT2D eigenvalue weighted by Gasteiger charge is 2.34. The summed E-state index contributed by atoms with van der Waals surface area (Å²) in [5.41, 5.74) is 3.33. The Morgan fingerprint density at radius 3 is 2.60 bits per heavy atom. The maximum absolute atomic E-state index is 13.3. The summed E-state index contributed by atoms with van der Waals surface area (Å²) in [5.74, 6) is -0.813. The van der Waals surface area contributed by atoms with Gasteiger partial charge in [-0.25, -0.2) is 4.39 Å². The molecule has 1 N–H and O–H groups in total. The highest BCUT2D eigenvalue weighted by Crippen LogP contribution is 2.25. The molecule has 0 bridgehead atoms. The summed E-state index contributed by atoms with van der Waals surface area (Å²) in [4.78, 5) is 26.3. The molecule has 1 atom stereocenters. The molecular weight excluding hydrogens is 319 g/mol. The lowest BCUT2D eigenvalue weighted by molar-refractivity contribution is -0.126. The number of halogens is 1. The first-order valence-electron chi connectivity index (χ1n) is 8.34. The van der Waals surface area contributed by atoms with Crippen LogP contribution in [0.4, 0.5) is 10.1 Å². The van der Waals surface area contributed by atoms with Crippen molar-refractivity contribution in [3.05, 3.63) is 65.0 Å². The number of amides is 2. The predicted octanol–water partition coefficient (Wildman–Crippen LogP) is 3.11. The Bertz CT molecular complexity index is 802. The van der Waals surface area contributed by atoms with E-state index in [2.05, 4.69) is 5.32 Å². The number of aryl methyl sites for hydroxylation is 2. The third-order valence-electron chi connectivity index (χ3n) is 4.53. The van der Waals surface area contributed by atoms with Crippen LogP contribution >= 0.6 is 0 Å². The first-order valence-corrected chi connectivity index (χ1v) is 8.34. The van der Waals surface area contributed by atoms with Crippen LogP contribution in [0.5, 0.6) is 0 Å². The summed E-state index contributed by atoms with van der Waals surface area (Å²) in [6.07, 6.45) is 0.210. The maximum Gasteiger partial charge on any atom is 0.227 e. The summed E-state index contributed by atoms with van der Waals surface area (Å²) >= 11 is 0. The summed E-state index contributed by atoms with van der Waals surface area (Å²) in [7, 11) is 0. The number of hydrogen-bond donors (Lipinski definition) is 1. The number of nitrogens with one attached hydrogen (secondary N) is 1. The van der Waals surface area contributed by atoms with Crippen LogP contribution < -0.4 is 10.2 Å². The molecule has 4 nitrogen and oxygen atoms in total. The van der Waals surface area contributed by atoms with E-state index in [0.29, 0.717) is 18.7 Å². The second-order valence-corrected chi connectivity index (χ2v) is 6.54. The molecule has 2 aromatic rings. The highest BCUT2D eigenvalue weighted by atomic mass is 19.1. The van der Waals surface area contributed by atoms with E-state index < -0.39 is 0 Å². The van der Waals surface area contributed by atoms with E-state index in [1.807, 2.05) is 31.2 Å². The van der Waals surface area contributed by atoms with E-state index in [0.717, 1.165) is 16.8 Å². The average molecular weight is 340 g/mol. The fourth-order valence-corrected chi connectivity index (χ4v) is 3.01. The van der Waals surface area contributed by atoms with Crippen molar-refractivity contribution in [2.24, 2.45) is 5.92 Å². The molecule has 1 aliphatic heterocycles. The summed E-state index contributed by atoms with van der Waals surface area (Å²) in [6.45, 7) is 4.39. The van der Waals surface area contributed by atoms with Crippen molar-refractivity contribution >= 4 is 17.5 Å². The molecule has 0 radical (unpaired) electrons. The smallest absolute Gasteiger partial charge is 0.227 e. The van der Waals surface area contributed by atoms with Gasteiger partial charge in [0.05, 0.1) is 5.92 Å². The predicted molar refractivity (Wildman–Crippen MR) is 94.6 cm³/mol. The Morgan fingerprint density at radius 1 is 1.20 bits per heavy atom. The van der Waals surface area contributed by atoms with Crippen LogP contribution in [-0.2, 0) is 16.1 Å². The number of benzene rings is 2. The van der Waals surface area contributed by atoms with Gasteiger partial charge in [0.15, 0.2) is 0 Å². The van der Waals surface area contributed by atoms with Gasteiger partial charge >= 0.3 is 0 Å². The number of rotatable bonds is 4. The fourth-order valence-electron chi connectivity index (χ4n) is 3.01. The number of nitrogens with zero attached hydrogens (tertiary/aromatic N) is 1. The van der Waals surface area contributed by atoms with Gasteiger partial charge in [0.2, 0.25) is 11.8 Å². The summed E-state index contributed by atoms with van der Waals surface area (Å²) < 4.78 is 13.3. The van der Waals surface area contributed by atoms with E-state index in [4.69, 9.17) is 0 Å². The van der Waals surface area contributed by atoms with Crippen molar-refractivity contribution in [2.45, 2.75) is 26.8 Å². The van der Waals surface area contributed by atoms with E-state index in [1.54, 1.807) is 24.0 Å². The van der Waals surface area contributed by atoms with Crippen molar-refractivity contribution in [1.82, 2.24) is 5.32 Å². The molecule has 1 heterocycles. The molecule has 1 fully saturated rings. The van der Waals surface area contributed by atoms with Gasteiger partial charge in [-0.3, -0.25) is 9.59 Å². The second-order valence-electron chi connectivity index (χ2n) is 6.54. The average Bonchev–Trinajstić information content (AvgIpc) is 2.98. The SMILES string of the molecule is Cc1ccc(N2CC(C(=O)NCc3ccc(F)c(C)c3)CC2=O)cc1. The van der Waals surface area contributed by atoms with E-state index in [1.165, 1.54) is 6.07 Å². The molecule has 0 aliphatic carbocycles. The minimum Gasteiger partial charge on any atom is -0.352 e. The molecule has 1 saturated heterocycles. The first kappa shape index (κ1) is 17.1. The van der Waals surface area contributed by atoms with Crippen LogP contribution in [-0.4, -0.2) is 18.4 Å². The molecule has 1 aliphatic rings. The van der Waals surface area contributed by atoms with Crippen LogP contribution in [0.25, 0.3) is 0 Å². The molecule has 5 heteroatoms. The third-order valence-corrected chi connectivity index (χ3v) is 4.53. The Morgan fingerprint density at radius 2 is 1.92 bits per heavy atom. The van der Waals surface area contributed by atoms with Crippen LogP contribution in [0, 0.1) is 25.6 Å². The zero-order valence-corrected chi connectivity index (χ0v) is 14.4. The molecule has 2 aromatic carbocycles. The third kappa shape index (κ3) is 3.87. The molecule has 130 valence electrons. The van der Waals surface area contributed by atoms with Gasteiger partial charge in [0.1, 0.15) is 5.82 Å². The first-order chi connectivity index (χ1) is 11.9. The Kier molecular flexibility index (Phi) is 4.83. The van der Waals surface area contributed by atoms with E-state index >= 15 is 0 Å². The Hall–Kier alpha value is -2.69. The molecule has 1 unspecified atom stereocenters. The lowest BCUT2D eigenvalue weighted by Gasteiger charge is -2.17. The van der Waals surface area contributed by atoms with Crippen molar-refractivity contribution in [3.63, 3.8) is 0 Å². The van der Waals surface area contributed by atoms with Gasteiger partial charge in [-0.1, -0.05) is 29.8 Å². The van der Waals surface area contributed by atoms with Crippen molar-refractivity contribution in [2.75, 3.05) is 11.4 Å². The summed E-state index contributed by atoms with van der Waals surface area (Å²) in [5, 5.41) is 2.85. The monoisotopic (exact) mass is 340 g/mol. The Balaban J connectivity index is 1.60. The molecule has 25 heavy (non-hydrogen) atoms. The van der Waals surface area contributed by atoms with E-state index in [9.17, 15) is 14.0 Å². The molecule has 3 rings (SSSR count). The molecule has 0 aromatic heterocycles. The second kappa shape index (κ2) is 7.05. The quantitative estimate of drug-likeness (QED) is 0.930. The van der Waals surface area contributed by atoms with Crippen LogP contribution in [0.3, 0.4) is 0 Å². The largest absolute Gasteiger partial charge is 0.352 e.